The second-order valence-corrected chi connectivity index (χ2v) is 9.08. The number of fused-ring (bicyclic) bond motifs is 1. The van der Waals surface area contributed by atoms with Crippen molar-refractivity contribution >= 4 is 22.7 Å². The van der Waals surface area contributed by atoms with Crippen molar-refractivity contribution in [3.05, 3.63) is 41.8 Å². The molecule has 4 rings (SSSR count). The van der Waals surface area contributed by atoms with Gasteiger partial charge in [0.15, 0.2) is 0 Å². The maximum absolute atomic E-state index is 14.0. The third kappa shape index (κ3) is 6.22. The van der Waals surface area contributed by atoms with E-state index in [4.69, 9.17) is 0 Å². The molecule has 0 spiro atoms. The molecule has 2 aromatic rings. The van der Waals surface area contributed by atoms with Crippen molar-refractivity contribution in [2.45, 2.75) is 44.6 Å². The second-order valence-electron chi connectivity index (χ2n) is 9.08. The van der Waals surface area contributed by atoms with Crippen LogP contribution in [-0.2, 0) is 16.1 Å². The SMILES string of the molecule is O=C(CC1CCC(F)(F)CC1)NCC(=O)N1CCN(Cc2cc(F)cc3cccnc23)CC1. The quantitative estimate of drug-likeness (QED) is 0.715. The lowest BCUT2D eigenvalue weighted by Crippen LogP contribution is -2.51. The predicted octanol–water partition coefficient (Wildman–Crippen LogP) is 3.35. The highest BCUT2D eigenvalue weighted by Gasteiger charge is 2.35. The highest BCUT2D eigenvalue weighted by atomic mass is 19.3. The van der Waals surface area contributed by atoms with Gasteiger partial charge in [-0.15, -0.1) is 0 Å². The third-order valence-electron chi connectivity index (χ3n) is 6.62. The summed E-state index contributed by atoms with van der Waals surface area (Å²) in [7, 11) is 0. The number of alkyl halides is 2. The van der Waals surface area contributed by atoms with E-state index in [9.17, 15) is 22.8 Å². The zero-order chi connectivity index (χ0) is 23.4. The predicted molar refractivity (Wildman–Crippen MR) is 118 cm³/mol. The van der Waals surface area contributed by atoms with Gasteiger partial charge in [0.1, 0.15) is 5.82 Å². The van der Waals surface area contributed by atoms with Crippen LogP contribution in [0.5, 0.6) is 0 Å². The van der Waals surface area contributed by atoms with Crippen LogP contribution in [0, 0.1) is 11.7 Å². The van der Waals surface area contributed by atoms with Gasteiger partial charge in [-0.1, -0.05) is 6.07 Å². The number of pyridine rings is 1. The lowest BCUT2D eigenvalue weighted by molar-refractivity contribution is -0.134. The highest BCUT2D eigenvalue weighted by Crippen LogP contribution is 2.37. The van der Waals surface area contributed by atoms with Gasteiger partial charge in [0.2, 0.25) is 17.7 Å². The lowest BCUT2D eigenvalue weighted by atomic mass is 9.84. The van der Waals surface area contributed by atoms with Crippen LogP contribution in [-0.4, -0.2) is 65.2 Å². The summed E-state index contributed by atoms with van der Waals surface area (Å²) in [5.41, 5.74) is 1.60. The van der Waals surface area contributed by atoms with E-state index >= 15 is 0 Å². The summed E-state index contributed by atoms with van der Waals surface area (Å²) in [5, 5.41) is 3.41. The molecule has 2 aliphatic rings. The van der Waals surface area contributed by atoms with E-state index in [0.29, 0.717) is 45.6 Å². The Labute approximate surface area is 191 Å². The van der Waals surface area contributed by atoms with E-state index in [1.54, 1.807) is 17.2 Å². The number of carbonyl (C=O) groups excluding carboxylic acids is 2. The van der Waals surface area contributed by atoms with E-state index in [2.05, 4.69) is 15.2 Å². The number of amides is 2. The van der Waals surface area contributed by atoms with Gasteiger partial charge in [-0.2, -0.15) is 0 Å². The van der Waals surface area contributed by atoms with Crippen LogP contribution < -0.4 is 5.32 Å². The number of piperazine rings is 1. The van der Waals surface area contributed by atoms with Gasteiger partial charge >= 0.3 is 0 Å². The van der Waals surface area contributed by atoms with Gasteiger partial charge in [0, 0.05) is 63.6 Å². The monoisotopic (exact) mass is 462 g/mol. The van der Waals surface area contributed by atoms with Gasteiger partial charge < -0.3 is 10.2 Å². The average Bonchev–Trinajstić information content (AvgIpc) is 2.79. The van der Waals surface area contributed by atoms with Crippen molar-refractivity contribution in [2.75, 3.05) is 32.7 Å². The van der Waals surface area contributed by atoms with E-state index in [1.165, 1.54) is 12.1 Å². The molecule has 0 radical (unpaired) electrons. The van der Waals surface area contributed by atoms with E-state index in [1.807, 2.05) is 6.07 Å². The summed E-state index contributed by atoms with van der Waals surface area (Å²) in [6.07, 6.45) is 2.22. The number of nitrogens with one attached hydrogen (secondary N) is 1. The number of benzene rings is 1. The van der Waals surface area contributed by atoms with Crippen molar-refractivity contribution in [1.29, 1.82) is 0 Å². The van der Waals surface area contributed by atoms with Gasteiger partial charge in [0.25, 0.3) is 0 Å². The number of hydrogen-bond donors (Lipinski definition) is 1. The summed E-state index contributed by atoms with van der Waals surface area (Å²) in [5.74, 6) is -3.36. The number of aromatic nitrogens is 1. The minimum Gasteiger partial charge on any atom is -0.347 e. The smallest absolute Gasteiger partial charge is 0.248 e. The zero-order valence-corrected chi connectivity index (χ0v) is 18.5. The number of hydrogen-bond acceptors (Lipinski definition) is 4. The van der Waals surface area contributed by atoms with Gasteiger partial charge in [0.05, 0.1) is 12.1 Å². The number of nitrogens with zero attached hydrogens (tertiary/aromatic N) is 3. The molecule has 1 saturated carbocycles. The number of halogens is 3. The fourth-order valence-electron chi connectivity index (χ4n) is 4.67. The van der Waals surface area contributed by atoms with Crippen LogP contribution in [0.2, 0.25) is 0 Å². The molecule has 33 heavy (non-hydrogen) atoms. The summed E-state index contributed by atoms with van der Waals surface area (Å²) in [6.45, 7) is 2.78. The molecule has 9 heteroatoms. The molecule has 1 aliphatic heterocycles. The van der Waals surface area contributed by atoms with Crippen LogP contribution in [0.3, 0.4) is 0 Å². The molecule has 1 N–H and O–H groups in total. The standard InChI is InChI=1S/C24H29F3N4O2/c25-20-13-18-2-1-7-28-23(18)19(14-20)16-30-8-10-31(11-9-30)22(33)15-29-21(32)12-17-3-5-24(26,27)6-4-17/h1-2,7,13-14,17H,3-6,8-12,15-16H2,(H,29,32). The van der Waals surface area contributed by atoms with E-state index in [0.717, 1.165) is 16.5 Å². The number of rotatable bonds is 6. The molecule has 6 nitrogen and oxygen atoms in total. The van der Waals surface area contributed by atoms with Gasteiger partial charge in [-0.05, 0) is 42.5 Å². The second kappa shape index (κ2) is 10.1. The maximum Gasteiger partial charge on any atom is 0.248 e. The Morgan fingerprint density at radius 2 is 1.85 bits per heavy atom. The molecule has 1 aliphatic carbocycles. The van der Waals surface area contributed by atoms with Crippen LogP contribution >= 0.6 is 0 Å². The van der Waals surface area contributed by atoms with Crippen molar-refractivity contribution in [2.24, 2.45) is 5.92 Å². The summed E-state index contributed by atoms with van der Waals surface area (Å²) >= 11 is 0. The fourth-order valence-corrected chi connectivity index (χ4v) is 4.67. The maximum atomic E-state index is 14.0. The molecule has 1 aromatic carbocycles. The fraction of sp³-hybridized carbons (Fsp3) is 0.542. The van der Waals surface area contributed by atoms with Crippen LogP contribution in [0.25, 0.3) is 10.9 Å². The minimum absolute atomic E-state index is 0.0448. The average molecular weight is 463 g/mol. The van der Waals surface area contributed by atoms with Crippen molar-refractivity contribution in [3.8, 4) is 0 Å². The van der Waals surface area contributed by atoms with Crippen LogP contribution in [0.1, 0.15) is 37.7 Å². The van der Waals surface area contributed by atoms with Crippen molar-refractivity contribution in [1.82, 2.24) is 20.1 Å². The van der Waals surface area contributed by atoms with Crippen LogP contribution in [0.15, 0.2) is 30.5 Å². The topological polar surface area (TPSA) is 65.5 Å². The lowest BCUT2D eigenvalue weighted by Gasteiger charge is -2.35. The number of carbonyl (C=O) groups is 2. The zero-order valence-electron chi connectivity index (χ0n) is 18.5. The summed E-state index contributed by atoms with van der Waals surface area (Å²) in [6, 6.07) is 6.60. The molecule has 178 valence electrons. The molecule has 0 bridgehead atoms. The van der Waals surface area contributed by atoms with Gasteiger partial charge in [-0.25, -0.2) is 13.2 Å². The Balaban J connectivity index is 1.21. The Morgan fingerprint density at radius 3 is 2.58 bits per heavy atom. The molecular formula is C24H29F3N4O2. The molecule has 1 aromatic heterocycles. The highest BCUT2D eigenvalue weighted by molar-refractivity contribution is 5.85. The molecule has 2 heterocycles. The van der Waals surface area contributed by atoms with Crippen molar-refractivity contribution < 1.29 is 22.8 Å². The van der Waals surface area contributed by atoms with Gasteiger partial charge in [-0.3, -0.25) is 19.5 Å². The first kappa shape index (κ1) is 23.5. The first-order valence-corrected chi connectivity index (χ1v) is 11.5. The molecule has 0 unspecified atom stereocenters. The van der Waals surface area contributed by atoms with E-state index < -0.39 is 5.92 Å². The Bertz CT molecular complexity index is 998. The first-order valence-electron chi connectivity index (χ1n) is 11.5. The molecule has 2 fully saturated rings. The van der Waals surface area contributed by atoms with E-state index in [-0.39, 0.29) is 49.4 Å². The Kier molecular flexibility index (Phi) is 7.17. The summed E-state index contributed by atoms with van der Waals surface area (Å²) < 4.78 is 40.5. The molecule has 1 saturated heterocycles. The van der Waals surface area contributed by atoms with Crippen LogP contribution in [0.4, 0.5) is 13.2 Å². The Morgan fingerprint density at radius 1 is 1.12 bits per heavy atom. The third-order valence-corrected chi connectivity index (χ3v) is 6.62. The molecule has 0 atom stereocenters. The first-order chi connectivity index (χ1) is 15.8. The summed E-state index contributed by atoms with van der Waals surface area (Å²) in [4.78, 5) is 32.9. The minimum atomic E-state index is -2.61. The normalized spacial score (nSPS) is 19.5. The Hall–Kier alpha value is -2.68. The van der Waals surface area contributed by atoms with Crippen molar-refractivity contribution in [3.63, 3.8) is 0 Å². The molecule has 2 amide bonds. The largest absolute Gasteiger partial charge is 0.347 e. The molecular weight excluding hydrogens is 433 g/mol.